The Balaban J connectivity index is 1.72. The summed E-state index contributed by atoms with van der Waals surface area (Å²) >= 11 is 0. The van der Waals surface area contributed by atoms with E-state index in [4.69, 9.17) is 14.2 Å². The van der Waals surface area contributed by atoms with Crippen molar-refractivity contribution in [2.24, 2.45) is 0 Å². The molecule has 0 spiro atoms. The molecule has 0 aliphatic carbocycles. The van der Waals surface area contributed by atoms with Crippen molar-refractivity contribution in [3.05, 3.63) is 24.3 Å². The molecule has 0 saturated carbocycles. The van der Waals surface area contributed by atoms with Crippen molar-refractivity contribution in [1.29, 1.82) is 0 Å². The summed E-state index contributed by atoms with van der Waals surface area (Å²) in [5.74, 6) is 1.54. The molecule has 0 unspecified atom stereocenters. The van der Waals surface area contributed by atoms with Crippen molar-refractivity contribution in [1.82, 2.24) is 4.90 Å². The standard InChI is InChI=1S/C18H27NO4/c1-3-13-22-15-5-7-16(8-6-15)23-14-18(20)19-11-9-17(10-12-19)21-4-2/h5-8,17H,3-4,9-14H2,1-2H3. The minimum absolute atomic E-state index is 0.0336. The quantitative estimate of drug-likeness (QED) is 0.739. The molecule has 1 saturated heterocycles. The molecule has 23 heavy (non-hydrogen) atoms. The molecule has 128 valence electrons. The first kappa shape index (κ1) is 17.6. The van der Waals surface area contributed by atoms with Crippen LogP contribution in [-0.4, -0.2) is 49.8 Å². The SMILES string of the molecule is CCCOc1ccc(OCC(=O)N2CCC(OCC)CC2)cc1. The van der Waals surface area contributed by atoms with Gasteiger partial charge in [0.25, 0.3) is 5.91 Å². The zero-order valence-electron chi connectivity index (χ0n) is 14.1. The number of benzene rings is 1. The van der Waals surface area contributed by atoms with Crippen molar-refractivity contribution in [3.8, 4) is 11.5 Å². The fourth-order valence-corrected chi connectivity index (χ4v) is 2.60. The maximum atomic E-state index is 12.2. The largest absolute Gasteiger partial charge is 0.494 e. The molecule has 2 rings (SSSR count). The van der Waals surface area contributed by atoms with Crippen LogP contribution in [0, 0.1) is 0 Å². The number of likely N-dealkylation sites (tertiary alicyclic amines) is 1. The molecule has 1 aromatic rings. The van der Waals surface area contributed by atoms with Crippen LogP contribution >= 0.6 is 0 Å². The van der Waals surface area contributed by atoms with Gasteiger partial charge in [-0.25, -0.2) is 0 Å². The highest BCUT2D eigenvalue weighted by molar-refractivity contribution is 5.77. The Morgan fingerprint density at radius 3 is 2.26 bits per heavy atom. The molecule has 1 amide bonds. The maximum absolute atomic E-state index is 12.2. The molecule has 0 N–H and O–H groups in total. The van der Waals surface area contributed by atoms with Gasteiger partial charge in [0.15, 0.2) is 6.61 Å². The molecule has 0 bridgehead atoms. The van der Waals surface area contributed by atoms with Crippen molar-refractivity contribution in [3.63, 3.8) is 0 Å². The van der Waals surface area contributed by atoms with E-state index in [0.717, 1.165) is 44.7 Å². The fourth-order valence-electron chi connectivity index (χ4n) is 2.60. The average Bonchev–Trinajstić information content (AvgIpc) is 2.59. The van der Waals surface area contributed by atoms with Gasteiger partial charge in [0.2, 0.25) is 0 Å². The number of nitrogens with zero attached hydrogens (tertiary/aromatic N) is 1. The van der Waals surface area contributed by atoms with Crippen molar-refractivity contribution < 1.29 is 19.0 Å². The van der Waals surface area contributed by atoms with E-state index < -0.39 is 0 Å². The van der Waals surface area contributed by atoms with Crippen LogP contribution in [0.3, 0.4) is 0 Å². The van der Waals surface area contributed by atoms with Crippen molar-refractivity contribution in [2.75, 3.05) is 32.9 Å². The molecule has 5 nitrogen and oxygen atoms in total. The molecule has 1 heterocycles. The summed E-state index contributed by atoms with van der Waals surface area (Å²) in [6, 6.07) is 7.39. The van der Waals surface area contributed by atoms with Crippen LogP contribution in [0.15, 0.2) is 24.3 Å². The predicted molar refractivity (Wildman–Crippen MR) is 89.0 cm³/mol. The number of hydrogen-bond acceptors (Lipinski definition) is 4. The van der Waals surface area contributed by atoms with Crippen LogP contribution in [0.4, 0.5) is 0 Å². The van der Waals surface area contributed by atoms with Crippen LogP contribution in [0.25, 0.3) is 0 Å². The highest BCUT2D eigenvalue weighted by Gasteiger charge is 2.23. The fraction of sp³-hybridized carbons (Fsp3) is 0.611. The maximum Gasteiger partial charge on any atom is 0.260 e. The second-order valence-electron chi connectivity index (χ2n) is 5.64. The van der Waals surface area contributed by atoms with Gasteiger partial charge in [0, 0.05) is 19.7 Å². The number of carbonyl (C=O) groups is 1. The lowest BCUT2D eigenvalue weighted by molar-refractivity contribution is -0.135. The van der Waals surface area contributed by atoms with Gasteiger partial charge in [0.05, 0.1) is 12.7 Å². The molecule has 0 atom stereocenters. The van der Waals surface area contributed by atoms with Gasteiger partial charge < -0.3 is 19.1 Å². The topological polar surface area (TPSA) is 48.0 Å². The molecular weight excluding hydrogens is 294 g/mol. The van der Waals surface area contributed by atoms with Crippen LogP contribution in [0.1, 0.15) is 33.1 Å². The first-order valence-corrected chi connectivity index (χ1v) is 8.48. The van der Waals surface area contributed by atoms with Crippen LogP contribution in [0.5, 0.6) is 11.5 Å². The third kappa shape index (κ3) is 5.75. The van der Waals surface area contributed by atoms with E-state index >= 15 is 0 Å². The van der Waals surface area contributed by atoms with Gasteiger partial charge in [-0.05, 0) is 50.5 Å². The summed E-state index contributed by atoms with van der Waals surface area (Å²) in [4.78, 5) is 14.0. The normalized spacial score (nSPS) is 15.5. The van der Waals surface area contributed by atoms with Crippen LogP contribution in [-0.2, 0) is 9.53 Å². The Labute approximate surface area is 138 Å². The highest BCUT2D eigenvalue weighted by Crippen LogP contribution is 2.18. The molecule has 0 radical (unpaired) electrons. The Morgan fingerprint density at radius 1 is 1.09 bits per heavy atom. The van der Waals surface area contributed by atoms with Crippen LogP contribution < -0.4 is 9.47 Å². The number of hydrogen-bond donors (Lipinski definition) is 0. The van der Waals surface area contributed by atoms with E-state index in [1.165, 1.54) is 0 Å². The van der Waals surface area contributed by atoms with Gasteiger partial charge in [-0.3, -0.25) is 4.79 Å². The molecule has 5 heteroatoms. The van der Waals surface area contributed by atoms with E-state index in [1.54, 1.807) is 0 Å². The molecule has 0 aromatic heterocycles. The monoisotopic (exact) mass is 321 g/mol. The lowest BCUT2D eigenvalue weighted by Crippen LogP contribution is -2.43. The molecule has 1 aliphatic heterocycles. The minimum Gasteiger partial charge on any atom is -0.494 e. The first-order valence-electron chi connectivity index (χ1n) is 8.48. The number of amides is 1. The summed E-state index contributed by atoms with van der Waals surface area (Å²) in [7, 11) is 0. The zero-order valence-corrected chi connectivity index (χ0v) is 14.1. The predicted octanol–water partition coefficient (Wildman–Crippen LogP) is 2.88. The number of ether oxygens (including phenoxy) is 3. The van der Waals surface area contributed by atoms with E-state index in [0.29, 0.717) is 18.5 Å². The number of piperidine rings is 1. The van der Waals surface area contributed by atoms with E-state index in [9.17, 15) is 4.79 Å². The highest BCUT2D eigenvalue weighted by atomic mass is 16.5. The van der Waals surface area contributed by atoms with E-state index in [1.807, 2.05) is 36.1 Å². The molecule has 1 aliphatic rings. The second-order valence-corrected chi connectivity index (χ2v) is 5.64. The summed E-state index contributed by atoms with van der Waals surface area (Å²) < 4.78 is 16.7. The zero-order chi connectivity index (χ0) is 16.5. The average molecular weight is 321 g/mol. The van der Waals surface area contributed by atoms with E-state index in [2.05, 4.69) is 6.92 Å². The molecule has 1 fully saturated rings. The van der Waals surface area contributed by atoms with Crippen molar-refractivity contribution >= 4 is 5.91 Å². The first-order chi connectivity index (χ1) is 11.2. The number of carbonyl (C=O) groups excluding carboxylic acids is 1. The third-order valence-corrected chi connectivity index (χ3v) is 3.86. The summed E-state index contributed by atoms with van der Waals surface area (Å²) in [5, 5.41) is 0. The van der Waals surface area contributed by atoms with E-state index in [-0.39, 0.29) is 12.5 Å². The van der Waals surface area contributed by atoms with Gasteiger partial charge in [0.1, 0.15) is 11.5 Å². The Bertz CT molecular complexity index is 466. The van der Waals surface area contributed by atoms with Crippen LogP contribution in [0.2, 0.25) is 0 Å². The minimum atomic E-state index is 0.0336. The molecule has 1 aromatic carbocycles. The van der Waals surface area contributed by atoms with Gasteiger partial charge >= 0.3 is 0 Å². The summed E-state index contributed by atoms with van der Waals surface area (Å²) in [5.41, 5.74) is 0. The van der Waals surface area contributed by atoms with Gasteiger partial charge in [-0.2, -0.15) is 0 Å². The van der Waals surface area contributed by atoms with Gasteiger partial charge in [-0.15, -0.1) is 0 Å². The lowest BCUT2D eigenvalue weighted by Gasteiger charge is -2.31. The molecular formula is C18H27NO4. The number of rotatable bonds is 8. The second kappa shape index (κ2) is 9.40. The Kier molecular flexibility index (Phi) is 7.20. The van der Waals surface area contributed by atoms with Gasteiger partial charge in [-0.1, -0.05) is 6.92 Å². The van der Waals surface area contributed by atoms with Crippen molar-refractivity contribution in [2.45, 2.75) is 39.2 Å². The lowest BCUT2D eigenvalue weighted by atomic mass is 10.1. The smallest absolute Gasteiger partial charge is 0.260 e. The Hall–Kier alpha value is -1.75. The summed E-state index contributed by atoms with van der Waals surface area (Å²) in [6.45, 7) is 7.09. The summed E-state index contributed by atoms with van der Waals surface area (Å²) in [6.07, 6.45) is 3.08. The Morgan fingerprint density at radius 2 is 1.70 bits per heavy atom. The third-order valence-electron chi connectivity index (χ3n) is 3.86.